The van der Waals surface area contributed by atoms with Gasteiger partial charge in [-0.25, -0.2) is 0 Å². The van der Waals surface area contributed by atoms with Gasteiger partial charge in [-0.2, -0.15) is 0 Å². The van der Waals surface area contributed by atoms with E-state index >= 15 is 0 Å². The number of hydrogen-bond acceptors (Lipinski definition) is 1. The van der Waals surface area contributed by atoms with Crippen LogP contribution in [0.2, 0.25) is 5.02 Å². The van der Waals surface area contributed by atoms with Crippen molar-refractivity contribution in [3.05, 3.63) is 53.3 Å². The van der Waals surface area contributed by atoms with Crippen LogP contribution >= 0.6 is 27.5 Å². The molecule has 1 aromatic heterocycles. The van der Waals surface area contributed by atoms with Gasteiger partial charge in [-0.3, -0.25) is 4.98 Å². The summed E-state index contributed by atoms with van der Waals surface area (Å²) in [7, 11) is 0. The van der Waals surface area contributed by atoms with E-state index in [1.54, 1.807) is 12.4 Å². The molecule has 0 saturated carbocycles. The summed E-state index contributed by atoms with van der Waals surface area (Å²) in [6.07, 6.45) is 3.58. The third-order valence-corrected chi connectivity index (χ3v) is 3.23. The lowest BCUT2D eigenvalue weighted by Gasteiger charge is -2.06. The van der Waals surface area contributed by atoms with E-state index in [-0.39, 0.29) is 0 Å². The van der Waals surface area contributed by atoms with Crippen LogP contribution < -0.4 is 0 Å². The van der Waals surface area contributed by atoms with Crippen molar-refractivity contribution in [2.45, 2.75) is 5.33 Å². The molecule has 1 heterocycles. The predicted octanol–water partition coefficient (Wildman–Crippen LogP) is 4.30. The van der Waals surface area contributed by atoms with E-state index < -0.39 is 0 Å². The second-order valence-corrected chi connectivity index (χ2v) is 4.10. The van der Waals surface area contributed by atoms with Crippen molar-refractivity contribution in [2.24, 2.45) is 0 Å². The van der Waals surface area contributed by atoms with E-state index in [0.717, 1.165) is 27.0 Å². The maximum absolute atomic E-state index is 6.27. The molecule has 0 aliphatic rings. The Balaban J connectivity index is 2.54. The van der Waals surface area contributed by atoms with Crippen LogP contribution in [0.5, 0.6) is 0 Å². The first-order valence-corrected chi connectivity index (χ1v) is 6.06. The van der Waals surface area contributed by atoms with Gasteiger partial charge in [0.1, 0.15) is 0 Å². The van der Waals surface area contributed by atoms with E-state index in [1.165, 1.54) is 0 Å². The fourth-order valence-corrected chi connectivity index (χ4v) is 2.26. The summed E-state index contributed by atoms with van der Waals surface area (Å²) >= 11 is 9.66. The van der Waals surface area contributed by atoms with Gasteiger partial charge in [-0.05, 0) is 5.56 Å². The molecule has 0 aliphatic carbocycles. The zero-order valence-electron chi connectivity index (χ0n) is 7.95. The van der Waals surface area contributed by atoms with Gasteiger partial charge in [0.2, 0.25) is 0 Å². The van der Waals surface area contributed by atoms with E-state index in [4.69, 9.17) is 11.6 Å². The molecule has 0 saturated heterocycles. The highest BCUT2D eigenvalue weighted by Gasteiger charge is 2.07. The second-order valence-electron chi connectivity index (χ2n) is 3.16. The van der Waals surface area contributed by atoms with Crippen molar-refractivity contribution in [1.29, 1.82) is 0 Å². The van der Waals surface area contributed by atoms with Gasteiger partial charge in [-0.15, -0.1) is 0 Å². The molecule has 76 valence electrons. The fourth-order valence-electron chi connectivity index (χ4n) is 1.40. The number of halogens is 2. The summed E-state index contributed by atoms with van der Waals surface area (Å²) in [5.41, 5.74) is 3.09. The minimum Gasteiger partial charge on any atom is -0.264 e. The molecule has 0 fully saturated rings. The Morgan fingerprint density at radius 1 is 1.13 bits per heavy atom. The number of benzene rings is 1. The topological polar surface area (TPSA) is 12.9 Å². The molecular formula is C12H9BrClN. The Morgan fingerprint density at radius 3 is 2.53 bits per heavy atom. The zero-order valence-corrected chi connectivity index (χ0v) is 10.3. The first-order chi connectivity index (χ1) is 7.33. The van der Waals surface area contributed by atoms with Crippen LogP contribution in [0.4, 0.5) is 0 Å². The number of pyridine rings is 1. The maximum atomic E-state index is 6.27. The smallest absolute Gasteiger partial charge is 0.0555 e. The van der Waals surface area contributed by atoms with Crippen LogP contribution in [-0.4, -0.2) is 4.98 Å². The van der Waals surface area contributed by atoms with Crippen molar-refractivity contribution >= 4 is 27.5 Å². The molecule has 0 atom stereocenters. The van der Waals surface area contributed by atoms with Crippen molar-refractivity contribution < 1.29 is 0 Å². The first kappa shape index (κ1) is 10.7. The van der Waals surface area contributed by atoms with Gasteiger partial charge < -0.3 is 0 Å². The highest BCUT2D eigenvalue weighted by atomic mass is 79.9. The van der Waals surface area contributed by atoms with Gasteiger partial charge in [0.15, 0.2) is 0 Å². The quantitative estimate of drug-likeness (QED) is 0.749. The molecule has 0 spiro atoms. The third-order valence-electron chi connectivity index (χ3n) is 2.18. The molecule has 0 amide bonds. The lowest BCUT2D eigenvalue weighted by atomic mass is 10.1. The Bertz CT molecular complexity index is 456. The van der Waals surface area contributed by atoms with Crippen molar-refractivity contribution in [3.8, 4) is 11.1 Å². The molecule has 2 aromatic rings. The first-order valence-electron chi connectivity index (χ1n) is 4.56. The molecule has 0 N–H and O–H groups in total. The lowest BCUT2D eigenvalue weighted by Crippen LogP contribution is -1.87. The SMILES string of the molecule is Clc1c(CBr)cncc1-c1ccccc1. The normalized spacial score (nSPS) is 10.3. The molecule has 2 rings (SSSR count). The second kappa shape index (κ2) is 4.77. The Kier molecular flexibility index (Phi) is 3.39. The summed E-state index contributed by atoms with van der Waals surface area (Å²) in [6, 6.07) is 10.0. The Labute approximate surface area is 102 Å². The van der Waals surface area contributed by atoms with E-state index in [2.05, 4.69) is 20.9 Å². The molecule has 1 aromatic carbocycles. The molecule has 0 aliphatic heterocycles. The van der Waals surface area contributed by atoms with E-state index in [9.17, 15) is 0 Å². The summed E-state index contributed by atoms with van der Waals surface area (Å²) in [4.78, 5) is 4.18. The molecule has 0 radical (unpaired) electrons. The minimum absolute atomic E-state index is 0.722. The molecule has 0 bridgehead atoms. The van der Waals surface area contributed by atoms with Crippen molar-refractivity contribution in [2.75, 3.05) is 0 Å². The van der Waals surface area contributed by atoms with E-state index in [1.807, 2.05) is 30.3 Å². The van der Waals surface area contributed by atoms with Gasteiger partial charge in [0.05, 0.1) is 5.02 Å². The third kappa shape index (κ3) is 2.21. The zero-order chi connectivity index (χ0) is 10.7. The minimum atomic E-state index is 0.722. The fraction of sp³-hybridized carbons (Fsp3) is 0.0833. The summed E-state index contributed by atoms with van der Waals surface area (Å²) in [5.74, 6) is 0. The maximum Gasteiger partial charge on any atom is 0.0555 e. The molecule has 3 heteroatoms. The number of aromatic nitrogens is 1. The number of hydrogen-bond donors (Lipinski definition) is 0. The van der Waals surface area contributed by atoms with Crippen LogP contribution in [0.15, 0.2) is 42.7 Å². The van der Waals surface area contributed by atoms with Gasteiger partial charge in [0.25, 0.3) is 0 Å². The molecule has 1 nitrogen and oxygen atoms in total. The number of nitrogens with zero attached hydrogens (tertiary/aromatic N) is 1. The number of alkyl halides is 1. The van der Waals surface area contributed by atoms with Crippen LogP contribution in [0, 0.1) is 0 Å². The summed E-state index contributed by atoms with van der Waals surface area (Å²) in [5, 5.41) is 1.49. The Hall–Kier alpha value is -0.860. The monoisotopic (exact) mass is 281 g/mol. The van der Waals surface area contributed by atoms with Crippen molar-refractivity contribution in [3.63, 3.8) is 0 Å². The average Bonchev–Trinajstić information content (AvgIpc) is 2.30. The lowest BCUT2D eigenvalue weighted by molar-refractivity contribution is 1.26. The van der Waals surface area contributed by atoms with Crippen LogP contribution in [-0.2, 0) is 5.33 Å². The van der Waals surface area contributed by atoms with Gasteiger partial charge in [0, 0.05) is 28.9 Å². The average molecular weight is 283 g/mol. The van der Waals surface area contributed by atoms with Crippen LogP contribution in [0.25, 0.3) is 11.1 Å². The Morgan fingerprint density at radius 2 is 1.87 bits per heavy atom. The van der Waals surface area contributed by atoms with Crippen molar-refractivity contribution in [1.82, 2.24) is 4.98 Å². The molecule has 15 heavy (non-hydrogen) atoms. The largest absolute Gasteiger partial charge is 0.264 e. The molecular weight excluding hydrogens is 273 g/mol. The van der Waals surface area contributed by atoms with E-state index in [0.29, 0.717) is 0 Å². The van der Waals surface area contributed by atoms with Crippen LogP contribution in [0.3, 0.4) is 0 Å². The van der Waals surface area contributed by atoms with Gasteiger partial charge in [-0.1, -0.05) is 57.9 Å². The highest BCUT2D eigenvalue weighted by molar-refractivity contribution is 9.08. The van der Waals surface area contributed by atoms with Crippen LogP contribution in [0.1, 0.15) is 5.56 Å². The number of rotatable bonds is 2. The summed E-state index contributed by atoms with van der Waals surface area (Å²) in [6.45, 7) is 0. The molecule has 0 unspecified atom stereocenters. The standard InChI is InChI=1S/C12H9BrClN/c13-6-10-7-15-8-11(12(10)14)9-4-2-1-3-5-9/h1-5,7-8H,6H2. The predicted molar refractivity (Wildman–Crippen MR) is 67.3 cm³/mol. The van der Waals surface area contributed by atoms with Gasteiger partial charge >= 0.3 is 0 Å². The summed E-state index contributed by atoms with van der Waals surface area (Å²) < 4.78 is 0. The highest BCUT2D eigenvalue weighted by Crippen LogP contribution is 2.30.